The van der Waals surface area contributed by atoms with Gasteiger partial charge >= 0.3 is 0 Å². The lowest BCUT2D eigenvalue weighted by atomic mass is 9.82. The normalized spacial score (nSPS) is 9.12. The first kappa shape index (κ1) is 17.0. The Hall–Kier alpha value is -4.36. The van der Waals surface area contributed by atoms with Gasteiger partial charge in [-0.2, -0.15) is 31.6 Å². The highest BCUT2D eigenvalue weighted by Gasteiger charge is 2.26. The molecule has 6 heteroatoms. The maximum absolute atomic E-state index is 9.63. The first-order chi connectivity index (χ1) is 12.1. The van der Waals surface area contributed by atoms with Crippen molar-refractivity contribution in [3.63, 3.8) is 0 Å². The number of hydrogen-bond donors (Lipinski definition) is 0. The van der Waals surface area contributed by atoms with Crippen LogP contribution in [0.5, 0.6) is 0 Å². The third-order valence-corrected chi connectivity index (χ3v) is 4.13. The van der Waals surface area contributed by atoms with E-state index in [4.69, 9.17) is 0 Å². The van der Waals surface area contributed by atoms with E-state index in [1.807, 2.05) is 36.4 Å². The molecular weight excluding hydrogens is 312 g/mol. The lowest BCUT2D eigenvalue weighted by molar-refractivity contribution is 1.12. The van der Waals surface area contributed by atoms with Crippen molar-refractivity contribution in [2.45, 2.75) is 20.3 Å². The van der Waals surface area contributed by atoms with Crippen LogP contribution >= 0.6 is 0 Å². The molecule has 2 aromatic carbocycles. The number of nitriles is 6. The Morgan fingerprint density at radius 1 is 0.560 bits per heavy atom. The third kappa shape index (κ3) is 2.12. The van der Waals surface area contributed by atoms with Crippen LogP contribution in [-0.4, -0.2) is 0 Å². The minimum Gasteiger partial charge on any atom is -0.192 e. The molecule has 0 unspecified atom stereocenters. The van der Waals surface area contributed by atoms with Crippen molar-refractivity contribution < 1.29 is 0 Å². The summed E-state index contributed by atoms with van der Waals surface area (Å²) < 4.78 is 0. The fraction of sp³-hybridized carbons (Fsp3) is 0.158. The summed E-state index contributed by atoms with van der Waals surface area (Å²) in [6, 6.07) is 11.6. The zero-order valence-electron chi connectivity index (χ0n) is 13.4. The van der Waals surface area contributed by atoms with Gasteiger partial charge in [0.15, 0.2) is 0 Å². The average molecular weight is 320 g/mol. The standard InChI is InChI=1S/C19H8N6/c1-3-11-14(6-22)17(9-25)18-13(5-21)10(2)12(4-20)16(8-24)19(18)15(11)7-23/h3H2,1-2H3. The van der Waals surface area contributed by atoms with Crippen LogP contribution in [0.2, 0.25) is 0 Å². The number of rotatable bonds is 1. The Labute approximate surface area is 144 Å². The molecule has 0 saturated heterocycles. The van der Waals surface area contributed by atoms with E-state index < -0.39 is 0 Å². The van der Waals surface area contributed by atoms with Crippen LogP contribution in [-0.2, 0) is 6.42 Å². The minimum atomic E-state index is -0.0544. The highest BCUT2D eigenvalue weighted by molar-refractivity contribution is 6.04. The molecule has 0 fully saturated rings. The largest absolute Gasteiger partial charge is 0.192 e. The number of nitrogens with zero attached hydrogens (tertiary/aromatic N) is 6. The molecule has 0 radical (unpaired) electrons. The Kier molecular flexibility index (Phi) is 4.36. The van der Waals surface area contributed by atoms with Gasteiger partial charge in [-0.1, -0.05) is 6.92 Å². The zero-order valence-corrected chi connectivity index (χ0v) is 13.4. The van der Waals surface area contributed by atoms with E-state index in [1.165, 1.54) is 6.92 Å². The third-order valence-electron chi connectivity index (χ3n) is 4.13. The van der Waals surface area contributed by atoms with E-state index in [1.54, 1.807) is 6.92 Å². The van der Waals surface area contributed by atoms with Crippen LogP contribution < -0.4 is 0 Å². The Bertz CT molecular complexity index is 1190. The number of hydrogen-bond acceptors (Lipinski definition) is 6. The van der Waals surface area contributed by atoms with E-state index in [9.17, 15) is 31.6 Å². The van der Waals surface area contributed by atoms with Gasteiger partial charge in [-0.15, -0.1) is 0 Å². The summed E-state index contributed by atoms with van der Waals surface area (Å²) in [5, 5.41) is 57.4. The summed E-state index contributed by atoms with van der Waals surface area (Å²) in [7, 11) is 0. The van der Waals surface area contributed by atoms with Crippen molar-refractivity contribution >= 4 is 10.8 Å². The van der Waals surface area contributed by atoms with Crippen LogP contribution in [0.4, 0.5) is 0 Å². The quantitative estimate of drug-likeness (QED) is 0.790. The Morgan fingerprint density at radius 2 is 0.960 bits per heavy atom. The molecule has 0 spiro atoms. The van der Waals surface area contributed by atoms with Gasteiger partial charge in [-0.05, 0) is 24.5 Å². The molecule has 0 atom stereocenters. The van der Waals surface area contributed by atoms with Gasteiger partial charge in [0.2, 0.25) is 0 Å². The highest BCUT2D eigenvalue weighted by Crippen LogP contribution is 2.37. The van der Waals surface area contributed by atoms with E-state index in [0.717, 1.165) is 0 Å². The second-order valence-corrected chi connectivity index (χ2v) is 5.13. The maximum atomic E-state index is 9.63. The molecule has 6 nitrogen and oxygen atoms in total. The average Bonchev–Trinajstić information content (AvgIpc) is 2.64. The van der Waals surface area contributed by atoms with Gasteiger partial charge in [-0.3, -0.25) is 0 Å². The SMILES string of the molecule is CCc1c(C#N)c(C#N)c2c(C#N)c(C)c(C#N)c(C#N)c2c1C#N. The predicted molar refractivity (Wildman–Crippen MR) is 86.4 cm³/mol. The summed E-state index contributed by atoms with van der Waals surface area (Å²) in [5.74, 6) is 0. The molecule has 0 heterocycles. The molecule has 2 aromatic rings. The first-order valence-corrected chi connectivity index (χ1v) is 7.15. The maximum Gasteiger partial charge on any atom is 0.101 e. The van der Waals surface area contributed by atoms with Crippen molar-refractivity contribution in [3.8, 4) is 36.4 Å². The van der Waals surface area contributed by atoms with Crippen molar-refractivity contribution in [1.82, 2.24) is 0 Å². The molecule has 0 amide bonds. The van der Waals surface area contributed by atoms with Gasteiger partial charge in [0.1, 0.15) is 36.4 Å². The van der Waals surface area contributed by atoms with E-state index in [2.05, 4.69) is 0 Å². The number of benzene rings is 2. The Balaban J connectivity index is 3.53. The van der Waals surface area contributed by atoms with Crippen molar-refractivity contribution in [1.29, 1.82) is 31.6 Å². The van der Waals surface area contributed by atoms with Crippen LogP contribution in [0, 0.1) is 74.9 Å². The minimum absolute atomic E-state index is 0.00120. The molecule has 0 aliphatic heterocycles. The van der Waals surface area contributed by atoms with E-state index >= 15 is 0 Å². The van der Waals surface area contributed by atoms with Crippen molar-refractivity contribution in [3.05, 3.63) is 44.5 Å². The highest BCUT2D eigenvalue weighted by atomic mass is 14.4. The van der Waals surface area contributed by atoms with E-state index in [-0.39, 0.29) is 49.7 Å². The van der Waals surface area contributed by atoms with Crippen molar-refractivity contribution in [2.75, 3.05) is 0 Å². The molecule has 0 aliphatic carbocycles. The fourth-order valence-electron chi connectivity index (χ4n) is 3.03. The molecule has 2 rings (SSSR count). The summed E-state index contributed by atoms with van der Waals surface area (Å²) in [6.45, 7) is 3.23. The molecule has 0 bridgehead atoms. The molecule has 0 saturated carbocycles. The molecule has 25 heavy (non-hydrogen) atoms. The molecule has 0 N–H and O–H groups in total. The molecule has 114 valence electrons. The van der Waals surface area contributed by atoms with Crippen LogP contribution in [0.25, 0.3) is 10.8 Å². The number of fused-ring (bicyclic) bond motifs is 1. The molecule has 0 aliphatic rings. The lowest BCUT2D eigenvalue weighted by Crippen LogP contribution is -2.06. The summed E-state index contributed by atoms with van der Waals surface area (Å²) in [6.07, 6.45) is 0.291. The van der Waals surface area contributed by atoms with E-state index in [0.29, 0.717) is 12.0 Å². The monoisotopic (exact) mass is 320 g/mol. The summed E-state index contributed by atoms with van der Waals surface area (Å²) in [5.41, 5.74) is 0.590. The van der Waals surface area contributed by atoms with Crippen LogP contribution in [0.15, 0.2) is 0 Å². The zero-order chi connectivity index (χ0) is 18.7. The van der Waals surface area contributed by atoms with Gasteiger partial charge in [0.25, 0.3) is 0 Å². The van der Waals surface area contributed by atoms with Crippen LogP contribution in [0.1, 0.15) is 51.4 Å². The lowest BCUT2D eigenvalue weighted by Gasteiger charge is -2.16. The molecule has 0 aromatic heterocycles. The van der Waals surface area contributed by atoms with Gasteiger partial charge in [0.05, 0.1) is 33.4 Å². The second kappa shape index (κ2) is 6.41. The smallest absolute Gasteiger partial charge is 0.101 e. The van der Waals surface area contributed by atoms with Crippen molar-refractivity contribution in [2.24, 2.45) is 0 Å². The summed E-state index contributed by atoms with van der Waals surface area (Å²) in [4.78, 5) is 0. The van der Waals surface area contributed by atoms with Crippen LogP contribution in [0.3, 0.4) is 0 Å². The summed E-state index contributed by atoms with van der Waals surface area (Å²) >= 11 is 0. The van der Waals surface area contributed by atoms with Gasteiger partial charge in [0, 0.05) is 10.8 Å². The topological polar surface area (TPSA) is 143 Å². The predicted octanol–water partition coefficient (Wildman–Crippen LogP) is 2.94. The Morgan fingerprint density at radius 3 is 1.36 bits per heavy atom. The first-order valence-electron chi connectivity index (χ1n) is 7.15. The van der Waals surface area contributed by atoms with Gasteiger partial charge in [-0.25, -0.2) is 0 Å². The fourth-order valence-corrected chi connectivity index (χ4v) is 3.03. The van der Waals surface area contributed by atoms with Gasteiger partial charge < -0.3 is 0 Å². The second-order valence-electron chi connectivity index (χ2n) is 5.13. The molecular formula is C19H8N6.